The minimum atomic E-state index is -0.287. The molecule has 1 N–H and O–H groups in total. The fraction of sp³-hybridized carbons (Fsp3) is 0.741. The summed E-state index contributed by atoms with van der Waals surface area (Å²) in [4.78, 5) is 17.8. The molecule has 1 aliphatic carbocycles. The van der Waals surface area contributed by atoms with Crippen LogP contribution < -0.4 is 10.2 Å². The van der Waals surface area contributed by atoms with Gasteiger partial charge in [0.05, 0.1) is 12.5 Å². The third kappa shape index (κ3) is 5.08. The van der Waals surface area contributed by atoms with Crippen molar-refractivity contribution in [1.29, 1.82) is 0 Å². The third-order valence-electron chi connectivity index (χ3n) is 8.46. The van der Waals surface area contributed by atoms with Gasteiger partial charge < -0.3 is 15.0 Å². The maximum Gasteiger partial charge on any atom is 0.311 e. The molecule has 4 rings (SSSR count). The molecule has 5 heteroatoms. The first-order chi connectivity index (χ1) is 15.5. The Bertz CT molecular complexity index is 766. The molecule has 1 aromatic carbocycles. The molecule has 0 radical (unpaired) electrons. The maximum atomic E-state index is 12.5. The number of methoxy groups -OCH3 is 1. The highest BCUT2D eigenvalue weighted by Crippen LogP contribution is 2.40. The monoisotopic (exact) mass is 441 g/mol. The summed E-state index contributed by atoms with van der Waals surface area (Å²) in [5.74, 6) is -0.0159. The summed E-state index contributed by atoms with van der Waals surface area (Å²) in [5.41, 5.74) is 3.53. The number of carbonyl (C=O) groups excluding carboxylic acids is 1. The lowest BCUT2D eigenvalue weighted by Crippen LogP contribution is -2.46. The Hall–Kier alpha value is -1.75. The van der Waals surface area contributed by atoms with Crippen LogP contribution in [0.2, 0.25) is 0 Å². The lowest BCUT2D eigenvalue weighted by atomic mass is 9.72. The van der Waals surface area contributed by atoms with Gasteiger partial charge in [0.25, 0.3) is 0 Å². The number of ether oxygens (including phenoxy) is 1. The SMILES string of the molecule is COC(=O)C1(CCNc2ccc(N3CCC(N4CCC[C@@H]4C)CC3)cc2C)CCCCC1. The minimum absolute atomic E-state index is 0.0159. The predicted octanol–water partition coefficient (Wildman–Crippen LogP) is 5.37. The molecule has 2 heterocycles. The van der Waals surface area contributed by atoms with Crippen LogP contribution in [-0.2, 0) is 9.53 Å². The first-order valence-corrected chi connectivity index (χ1v) is 13.0. The number of carbonyl (C=O) groups is 1. The molecule has 1 aromatic rings. The fourth-order valence-corrected chi connectivity index (χ4v) is 6.43. The maximum absolute atomic E-state index is 12.5. The summed E-state index contributed by atoms with van der Waals surface area (Å²) in [7, 11) is 1.53. The zero-order valence-electron chi connectivity index (χ0n) is 20.5. The Balaban J connectivity index is 1.30. The zero-order chi connectivity index (χ0) is 22.6. The van der Waals surface area contributed by atoms with Crippen LogP contribution in [-0.4, -0.2) is 56.2 Å². The molecule has 2 saturated heterocycles. The highest BCUT2D eigenvalue weighted by atomic mass is 16.5. The van der Waals surface area contributed by atoms with E-state index in [4.69, 9.17) is 4.74 Å². The average molecular weight is 442 g/mol. The van der Waals surface area contributed by atoms with Crippen LogP contribution in [0, 0.1) is 12.3 Å². The van der Waals surface area contributed by atoms with Gasteiger partial charge in [-0.15, -0.1) is 0 Å². The van der Waals surface area contributed by atoms with Crippen LogP contribution in [0.5, 0.6) is 0 Å². The highest BCUT2D eigenvalue weighted by molar-refractivity contribution is 5.77. The molecule has 3 fully saturated rings. The zero-order valence-corrected chi connectivity index (χ0v) is 20.5. The van der Waals surface area contributed by atoms with E-state index in [0.717, 1.165) is 63.8 Å². The van der Waals surface area contributed by atoms with Gasteiger partial charge in [-0.1, -0.05) is 19.3 Å². The van der Waals surface area contributed by atoms with Gasteiger partial charge >= 0.3 is 5.97 Å². The smallest absolute Gasteiger partial charge is 0.311 e. The molecule has 0 aromatic heterocycles. The van der Waals surface area contributed by atoms with Crippen molar-refractivity contribution in [3.8, 4) is 0 Å². The number of rotatable bonds is 7. The number of hydrogen-bond acceptors (Lipinski definition) is 5. The van der Waals surface area contributed by atoms with Crippen LogP contribution in [0.1, 0.15) is 76.7 Å². The molecule has 0 bridgehead atoms. The van der Waals surface area contributed by atoms with Gasteiger partial charge in [-0.25, -0.2) is 0 Å². The van der Waals surface area contributed by atoms with E-state index in [-0.39, 0.29) is 11.4 Å². The van der Waals surface area contributed by atoms with Gasteiger partial charge in [-0.05, 0) is 89.1 Å². The molecule has 2 aliphatic heterocycles. The number of aryl methyl sites for hydroxylation is 1. The molecule has 5 nitrogen and oxygen atoms in total. The molecule has 0 unspecified atom stereocenters. The Morgan fingerprint density at radius 2 is 1.84 bits per heavy atom. The standard InChI is InChI=1S/C27H43N3O2/c1-21-20-24(29-18-11-23(12-19-29)30-17-7-8-22(30)2)9-10-25(21)28-16-15-27(26(31)32-3)13-5-4-6-14-27/h9-10,20,22-23,28H,4-8,11-19H2,1-3H3/t22-/m0/s1. The van der Waals surface area contributed by atoms with Gasteiger partial charge in [0, 0.05) is 43.1 Å². The number of piperidine rings is 1. The van der Waals surface area contributed by atoms with E-state index >= 15 is 0 Å². The molecule has 1 atom stereocenters. The van der Waals surface area contributed by atoms with Crippen LogP contribution in [0.4, 0.5) is 11.4 Å². The largest absolute Gasteiger partial charge is 0.469 e. The molecular formula is C27H43N3O2. The van der Waals surface area contributed by atoms with Crippen molar-refractivity contribution in [2.45, 2.75) is 90.1 Å². The summed E-state index contributed by atoms with van der Waals surface area (Å²) in [6.07, 6.45) is 11.6. The minimum Gasteiger partial charge on any atom is -0.469 e. The van der Waals surface area contributed by atoms with E-state index in [1.807, 2.05) is 0 Å². The van der Waals surface area contributed by atoms with Crippen LogP contribution >= 0.6 is 0 Å². The normalized spacial score (nSPS) is 24.5. The van der Waals surface area contributed by atoms with E-state index in [2.05, 4.69) is 47.2 Å². The molecule has 0 amide bonds. The van der Waals surface area contributed by atoms with Crippen molar-refractivity contribution in [3.63, 3.8) is 0 Å². The molecular weight excluding hydrogens is 398 g/mol. The van der Waals surface area contributed by atoms with Crippen molar-refractivity contribution in [1.82, 2.24) is 4.90 Å². The summed E-state index contributed by atoms with van der Waals surface area (Å²) in [6, 6.07) is 8.37. The number of benzene rings is 1. The summed E-state index contributed by atoms with van der Waals surface area (Å²) >= 11 is 0. The van der Waals surface area contributed by atoms with E-state index < -0.39 is 0 Å². The third-order valence-corrected chi connectivity index (χ3v) is 8.46. The predicted molar refractivity (Wildman–Crippen MR) is 132 cm³/mol. The number of hydrogen-bond donors (Lipinski definition) is 1. The van der Waals surface area contributed by atoms with E-state index in [1.165, 1.54) is 62.7 Å². The van der Waals surface area contributed by atoms with Crippen LogP contribution in [0.3, 0.4) is 0 Å². The second-order valence-corrected chi connectivity index (χ2v) is 10.5. The molecule has 1 saturated carbocycles. The van der Waals surface area contributed by atoms with Crippen molar-refractivity contribution in [2.75, 3.05) is 43.5 Å². The topological polar surface area (TPSA) is 44.8 Å². The van der Waals surface area contributed by atoms with Crippen molar-refractivity contribution in [2.24, 2.45) is 5.41 Å². The first-order valence-electron chi connectivity index (χ1n) is 13.0. The summed E-state index contributed by atoms with van der Waals surface area (Å²) in [6.45, 7) is 9.01. The Kier molecular flexibility index (Phi) is 7.65. The lowest BCUT2D eigenvalue weighted by molar-refractivity contribution is -0.155. The van der Waals surface area contributed by atoms with E-state index in [9.17, 15) is 4.79 Å². The second kappa shape index (κ2) is 10.5. The molecule has 32 heavy (non-hydrogen) atoms. The molecule has 3 aliphatic rings. The summed E-state index contributed by atoms with van der Waals surface area (Å²) < 4.78 is 5.17. The average Bonchev–Trinajstić information content (AvgIpc) is 3.26. The second-order valence-electron chi connectivity index (χ2n) is 10.5. The number of likely N-dealkylation sites (tertiary alicyclic amines) is 1. The Morgan fingerprint density at radius 3 is 2.47 bits per heavy atom. The first kappa shape index (κ1) is 23.4. The van der Waals surface area contributed by atoms with Crippen molar-refractivity contribution >= 4 is 17.3 Å². The number of nitrogens with one attached hydrogen (secondary N) is 1. The van der Waals surface area contributed by atoms with E-state index in [0.29, 0.717) is 0 Å². The lowest BCUT2D eigenvalue weighted by Gasteiger charge is -2.39. The fourth-order valence-electron chi connectivity index (χ4n) is 6.43. The Morgan fingerprint density at radius 1 is 1.09 bits per heavy atom. The van der Waals surface area contributed by atoms with Gasteiger partial charge in [0.15, 0.2) is 0 Å². The van der Waals surface area contributed by atoms with Gasteiger partial charge in [0.2, 0.25) is 0 Å². The van der Waals surface area contributed by atoms with Gasteiger partial charge in [-0.3, -0.25) is 9.69 Å². The quantitative estimate of drug-likeness (QED) is 0.576. The molecule has 178 valence electrons. The number of nitrogens with zero attached hydrogens (tertiary/aromatic N) is 2. The number of esters is 1. The van der Waals surface area contributed by atoms with Crippen LogP contribution in [0.25, 0.3) is 0 Å². The van der Waals surface area contributed by atoms with Crippen molar-refractivity contribution < 1.29 is 9.53 Å². The van der Waals surface area contributed by atoms with Crippen LogP contribution in [0.15, 0.2) is 18.2 Å². The molecule has 0 spiro atoms. The Labute approximate surface area is 194 Å². The van der Waals surface area contributed by atoms with Gasteiger partial charge in [-0.2, -0.15) is 0 Å². The highest BCUT2D eigenvalue weighted by Gasteiger charge is 2.40. The van der Waals surface area contributed by atoms with Gasteiger partial charge in [0.1, 0.15) is 0 Å². The summed E-state index contributed by atoms with van der Waals surface area (Å²) in [5, 5.41) is 3.61. The van der Waals surface area contributed by atoms with E-state index in [1.54, 1.807) is 0 Å². The number of anilines is 2. The van der Waals surface area contributed by atoms with Crippen molar-refractivity contribution in [3.05, 3.63) is 23.8 Å².